The molecule has 0 saturated carbocycles. The van der Waals surface area contributed by atoms with Crippen LogP contribution in [-0.4, -0.2) is 41.5 Å². The zero-order valence-corrected chi connectivity index (χ0v) is 17.2. The van der Waals surface area contributed by atoms with Crippen LogP contribution in [0, 0.1) is 5.92 Å². The van der Waals surface area contributed by atoms with Crippen LogP contribution in [0.3, 0.4) is 0 Å². The first-order valence-corrected chi connectivity index (χ1v) is 10.1. The molecule has 6 heteroatoms. The molecule has 0 saturated heterocycles. The van der Waals surface area contributed by atoms with Gasteiger partial charge in [0.15, 0.2) is 0 Å². The van der Waals surface area contributed by atoms with Crippen molar-refractivity contribution in [2.45, 2.75) is 32.3 Å². The van der Waals surface area contributed by atoms with Gasteiger partial charge in [0.25, 0.3) is 0 Å². The van der Waals surface area contributed by atoms with Crippen LogP contribution < -0.4 is 5.32 Å². The van der Waals surface area contributed by atoms with Crippen molar-refractivity contribution in [1.82, 2.24) is 5.32 Å². The van der Waals surface area contributed by atoms with E-state index in [2.05, 4.69) is 17.4 Å². The van der Waals surface area contributed by atoms with E-state index in [-0.39, 0.29) is 30.6 Å². The Hall–Kier alpha value is -3.12. The van der Waals surface area contributed by atoms with E-state index in [0.717, 1.165) is 22.3 Å². The highest BCUT2D eigenvalue weighted by Crippen LogP contribution is 2.44. The summed E-state index contributed by atoms with van der Waals surface area (Å²) < 4.78 is 5.41. The van der Waals surface area contributed by atoms with Crippen molar-refractivity contribution >= 4 is 12.1 Å². The van der Waals surface area contributed by atoms with Crippen LogP contribution in [0.1, 0.15) is 37.3 Å². The SMILES string of the molecule is CC(C)C/C(=C\[C@H](O)CNC(=O)OCC1c2ccccc2-c2ccccc21)C(=O)O. The number of fused-ring (bicyclic) bond motifs is 3. The minimum atomic E-state index is -1.10. The van der Waals surface area contributed by atoms with E-state index in [9.17, 15) is 19.8 Å². The van der Waals surface area contributed by atoms with Crippen LogP contribution in [0.2, 0.25) is 0 Å². The lowest BCUT2D eigenvalue weighted by Gasteiger charge is -2.15. The third kappa shape index (κ3) is 5.07. The molecule has 0 aromatic heterocycles. The Morgan fingerprint density at radius 3 is 2.17 bits per heavy atom. The summed E-state index contributed by atoms with van der Waals surface area (Å²) in [5, 5.41) is 21.8. The summed E-state index contributed by atoms with van der Waals surface area (Å²) in [6, 6.07) is 16.1. The highest BCUT2D eigenvalue weighted by atomic mass is 16.5. The minimum absolute atomic E-state index is 0.0439. The quantitative estimate of drug-likeness (QED) is 0.574. The zero-order valence-electron chi connectivity index (χ0n) is 17.2. The second-order valence-electron chi connectivity index (χ2n) is 7.87. The molecule has 0 fully saturated rings. The lowest BCUT2D eigenvalue weighted by Crippen LogP contribution is -2.33. The first kappa shape index (κ1) is 21.6. The summed E-state index contributed by atoms with van der Waals surface area (Å²) >= 11 is 0. The number of alkyl carbamates (subject to hydrolysis) is 1. The molecule has 0 aliphatic heterocycles. The predicted molar refractivity (Wildman–Crippen MR) is 114 cm³/mol. The summed E-state index contributed by atoms with van der Waals surface area (Å²) in [7, 11) is 0. The van der Waals surface area contributed by atoms with Gasteiger partial charge in [-0.1, -0.05) is 62.4 Å². The average molecular weight is 409 g/mol. The number of carboxylic acid groups (broad SMARTS) is 1. The largest absolute Gasteiger partial charge is 0.478 e. The fraction of sp³-hybridized carbons (Fsp3) is 0.333. The van der Waals surface area contributed by atoms with Crippen LogP contribution in [0.5, 0.6) is 0 Å². The van der Waals surface area contributed by atoms with Gasteiger partial charge in [0.1, 0.15) is 6.61 Å². The summed E-state index contributed by atoms with van der Waals surface area (Å²) in [5.41, 5.74) is 4.67. The second-order valence-corrected chi connectivity index (χ2v) is 7.87. The van der Waals surface area contributed by atoms with Gasteiger partial charge in [0.2, 0.25) is 0 Å². The van der Waals surface area contributed by atoms with Gasteiger partial charge in [-0.2, -0.15) is 0 Å². The maximum absolute atomic E-state index is 12.1. The van der Waals surface area contributed by atoms with Gasteiger partial charge in [-0.15, -0.1) is 0 Å². The van der Waals surface area contributed by atoms with Crippen molar-refractivity contribution in [2.75, 3.05) is 13.2 Å². The molecule has 2 aromatic rings. The Bertz CT molecular complexity index is 905. The fourth-order valence-electron chi connectivity index (χ4n) is 3.79. The monoisotopic (exact) mass is 409 g/mol. The van der Waals surface area contributed by atoms with Crippen molar-refractivity contribution in [2.24, 2.45) is 5.92 Å². The fourth-order valence-corrected chi connectivity index (χ4v) is 3.79. The van der Waals surface area contributed by atoms with Gasteiger partial charge in [0.05, 0.1) is 12.6 Å². The van der Waals surface area contributed by atoms with E-state index in [1.807, 2.05) is 50.2 Å². The molecule has 0 unspecified atom stereocenters. The Labute approximate surface area is 176 Å². The number of hydrogen-bond acceptors (Lipinski definition) is 4. The summed E-state index contributed by atoms with van der Waals surface area (Å²) in [4.78, 5) is 23.4. The lowest BCUT2D eigenvalue weighted by atomic mass is 9.98. The number of aliphatic carboxylic acids is 1. The molecule has 1 aliphatic rings. The zero-order chi connectivity index (χ0) is 21.7. The van der Waals surface area contributed by atoms with Crippen LogP contribution in [0.15, 0.2) is 60.2 Å². The number of hydrogen-bond donors (Lipinski definition) is 3. The minimum Gasteiger partial charge on any atom is -0.478 e. The van der Waals surface area contributed by atoms with E-state index in [4.69, 9.17) is 4.74 Å². The Morgan fingerprint density at radius 1 is 1.07 bits per heavy atom. The number of carboxylic acids is 1. The predicted octanol–water partition coefficient (Wildman–Crippen LogP) is 3.94. The topological polar surface area (TPSA) is 95.9 Å². The van der Waals surface area contributed by atoms with Gasteiger partial charge >= 0.3 is 12.1 Å². The molecule has 0 bridgehead atoms. The first-order valence-electron chi connectivity index (χ1n) is 10.1. The summed E-state index contributed by atoms with van der Waals surface area (Å²) in [6.07, 6.45) is -0.135. The van der Waals surface area contributed by atoms with Crippen molar-refractivity contribution in [3.8, 4) is 11.1 Å². The van der Waals surface area contributed by atoms with E-state index >= 15 is 0 Å². The number of aliphatic hydroxyl groups is 1. The van der Waals surface area contributed by atoms with Crippen molar-refractivity contribution in [1.29, 1.82) is 0 Å². The molecule has 2 aromatic carbocycles. The van der Waals surface area contributed by atoms with Gasteiger partial charge in [0, 0.05) is 11.5 Å². The van der Waals surface area contributed by atoms with E-state index < -0.39 is 18.2 Å². The van der Waals surface area contributed by atoms with Gasteiger partial charge in [-0.05, 0) is 40.7 Å². The highest BCUT2D eigenvalue weighted by molar-refractivity contribution is 5.86. The lowest BCUT2D eigenvalue weighted by molar-refractivity contribution is -0.133. The molecule has 3 rings (SSSR count). The Kier molecular flexibility index (Phi) is 6.90. The number of ether oxygens (including phenoxy) is 1. The smallest absolute Gasteiger partial charge is 0.407 e. The molecule has 158 valence electrons. The van der Waals surface area contributed by atoms with Gasteiger partial charge < -0.3 is 20.3 Å². The molecular formula is C24H27NO5. The van der Waals surface area contributed by atoms with Crippen LogP contribution in [-0.2, 0) is 9.53 Å². The third-order valence-corrected chi connectivity index (χ3v) is 5.10. The molecule has 0 radical (unpaired) electrons. The molecule has 30 heavy (non-hydrogen) atoms. The average Bonchev–Trinajstić information content (AvgIpc) is 3.04. The molecule has 0 spiro atoms. The molecule has 0 heterocycles. The second kappa shape index (κ2) is 9.59. The molecule has 3 N–H and O–H groups in total. The number of benzene rings is 2. The van der Waals surface area contributed by atoms with Crippen LogP contribution in [0.4, 0.5) is 4.79 Å². The highest BCUT2D eigenvalue weighted by Gasteiger charge is 2.29. The molecule has 1 aliphatic carbocycles. The first-order chi connectivity index (χ1) is 14.4. The number of rotatable bonds is 8. The maximum atomic E-state index is 12.1. The van der Waals surface area contributed by atoms with E-state index in [1.54, 1.807) is 0 Å². The molecule has 6 nitrogen and oxygen atoms in total. The summed E-state index contributed by atoms with van der Waals surface area (Å²) in [6.45, 7) is 3.86. The van der Waals surface area contributed by atoms with Crippen LogP contribution >= 0.6 is 0 Å². The van der Waals surface area contributed by atoms with Crippen molar-refractivity contribution in [3.05, 3.63) is 71.3 Å². The standard InChI is InChI=1S/C24H27NO5/c1-15(2)11-16(23(27)28)12-17(26)13-25-24(29)30-14-22-20-9-5-3-7-18(20)19-8-4-6-10-21(19)22/h3-10,12,15,17,22,26H,11,13-14H2,1-2H3,(H,25,29)(H,27,28)/b16-12+/t17-/m0/s1. The third-order valence-electron chi connectivity index (χ3n) is 5.10. The normalized spacial score (nSPS) is 14.2. The number of aliphatic hydroxyl groups excluding tert-OH is 1. The van der Waals surface area contributed by atoms with Crippen molar-refractivity contribution < 1.29 is 24.5 Å². The van der Waals surface area contributed by atoms with Crippen LogP contribution in [0.25, 0.3) is 11.1 Å². The Morgan fingerprint density at radius 2 is 1.63 bits per heavy atom. The maximum Gasteiger partial charge on any atom is 0.407 e. The molecule has 1 atom stereocenters. The van der Waals surface area contributed by atoms with Crippen molar-refractivity contribution in [3.63, 3.8) is 0 Å². The van der Waals surface area contributed by atoms with Gasteiger partial charge in [-0.3, -0.25) is 0 Å². The van der Waals surface area contributed by atoms with E-state index in [1.165, 1.54) is 6.08 Å². The van der Waals surface area contributed by atoms with Gasteiger partial charge in [-0.25, -0.2) is 9.59 Å². The molecule has 1 amide bonds. The number of carbonyl (C=O) groups excluding carboxylic acids is 1. The number of carbonyl (C=O) groups is 2. The summed E-state index contributed by atoms with van der Waals surface area (Å²) in [5.74, 6) is -0.962. The Balaban J connectivity index is 1.57. The molecular weight excluding hydrogens is 382 g/mol. The number of nitrogens with one attached hydrogen (secondary N) is 1. The number of amides is 1. The van der Waals surface area contributed by atoms with E-state index in [0.29, 0.717) is 6.42 Å².